The van der Waals surface area contributed by atoms with E-state index in [0.717, 1.165) is 18.4 Å². The van der Waals surface area contributed by atoms with Gasteiger partial charge in [0.15, 0.2) is 0 Å². The summed E-state index contributed by atoms with van der Waals surface area (Å²) in [4.78, 5) is 21.0. The molecule has 1 rings (SSSR count). The van der Waals surface area contributed by atoms with Crippen molar-refractivity contribution in [2.75, 3.05) is 13.1 Å². The van der Waals surface area contributed by atoms with Crippen LogP contribution in [0.4, 0.5) is 10.5 Å². The summed E-state index contributed by atoms with van der Waals surface area (Å²) < 4.78 is 0. The minimum Gasteiger partial charge on any atom is -0.352 e. The second-order valence-corrected chi connectivity index (χ2v) is 4.44. The van der Waals surface area contributed by atoms with Crippen LogP contribution in [0.5, 0.6) is 0 Å². The highest BCUT2D eigenvalue weighted by Gasteiger charge is 2.13. The number of hydrogen-bond donors (Lipinski definition) is 3. The molecule has 110 valence electrons. The van der Waals surface area contributed by atoms with Crippen molar-refractivity contribution >= 4 is 11.7 Å². The van der Waals surface area contributed by atoms with E-state index in [-0.39, 0.29) is 11.7 Å². The molecule has 0 bridgehead atoms. The van der Waals surface area contributed by atoms with E-state index in [2.05, 4.69) is 10.6 Å². The molecular formula is C13H20N4O3. The number of nitrogens with two attached hydrogens (primary N) is 1. The van der Waals surface area contributed by atoms with Gasteiger partial charge < -0.3 is 16.4 Å². The summed E-state index contributed by atoms with van der Waals surface area (Å²) in [6.45, 7) is 3.02. The first-order valence-electron chi connectivity index (χ1n) is 6.55. The van der Waals surface area contributed by atoms with Crippen LogP contribution in [0.15, 0.2) is 24.3 Å². The molecular weight excluding hydrogens is 260 g/mol. The predicted molar refractivity (Wildman–Crippen MR) is 76.3 cm³/mol. The molecule has 0 aliphatic carbocycles. The Balaban J connectivity index is 2.67. The third kappa shape index (κ3) is 5.23. The van der Waals surface area contributed by atoms with Crippen LogP contribution >= 0.6 is 0 Å². The smallest absolute Gasteiger partial charge is 0.312 e. The van der Waals surface area contributed by atoms with Gasteiger partial charge in [0.05, 0.1) is 4.92 Å². The van der Waals surface area contributed by atoms with Crippen LogP contribution in [0.25, 0.3) is 0 Å². The Morgan fingerprint density at radius 3 is 2.80 bits per heavy atom. The number of urea groups is 1. The molecule has 2 amide bonds. The lowest BCUT2D eigenvalue weighted by Crippen LogP contribution is -2.36. The van der Waals surface area contributed by atoms with Gasteiger partial charge in [0.25, 0.3) is 5.69 Å². The topological polar surface area (TPSA) is 110 Å². The van der Waals surface area contributed by atoms with E-state index < -0.39 is 11.0 Å². The summed E-state index contributed by atoms with van der Waals surface area (Å²) in [6.07, 6.45) is 1.81. The van der Waals surface area contributed by atoms with E-state index >= 15 is 0 Å². The first kappa shape index (κ1) is 15.9. The van der Waals surface area contributed by atoms with Gasteiger partial charge in [-0.3, -0.25) is 10.1 Å². The van der Waals surface area contributed by atoms with Gasteiger partial charge in [-0.15, -0.1) is 0 Å². The number of benzene rings is 1. The van der Waals surface area contributed by atoms with Gasteiger partial charge >= 0.3 is 6.03 Å². The minimum atomic E-state index is -0.561. The molecule has 0 saturated heterocycles. The molecule has 0 saturated carbocycles. The Morgan fingerprint density at radius 1 is 1.45 bits per heavy atom. The zero-order valence-corrected chi connectivity index (χ0v) is 11.5. The quantitative estimate of drug-likeness (QED) is 0.382. The molecule has 1 aromatic carbocycles. The fourth-order valence-electron chi connectivity index (χ4n) is 1.96. The minimum absolute atomic E-state index is 0.0228. The molecule has 0 fully saturated rings. The van der Waals surface area contributed by atoms with Crippen molar-refractivity contribution in [2.24, 2.45) is 5.73 Å². The lowest BCUT2D eigenvalue weighted by atomic mass is 10.0. The van der Waals surface area contributed by atoms with Crippen LogP contribution in [0.1, 0.15) is 31.4 Å². The Hall–Kier alpha value is -2.15. The highest BCUT2D eigenvalue weighted by molar-refractivity contribution is 5.71. The molecule has 0 aromatic heterocycles. The number of nitrogens with one attached hydrogen (secondary N) is 2. The molecule has 4 N–H and O–H groups in total. The van der Waals surface area contributed by atoms with Crippen molar-refractivity contribution in [2.45, 2.75) is 25.8 Å². The van der Waals surface area contributed by atoms with Crippen molar-refractivity contribution < 1.29 is 9.72 Å². The van der Waals surface area contributed by atoms with Crippen LogP contribution in [0.3, 0.4) is 0 Å². The van der Waals surface area contributed by atoms with E-state index in [1.807, 2.05) is 13.0 Å². The number of carbonyl (C=O) groups excluding carboxylic acids is 1. The van der Waals surface area contributed by atoms with E-state index in [4.69, 9.17) is 5.73 Å². The summed E-state index contributed by atoms with van der Waals surface area (Å²) in [6, 6.07) is 6.06. The molecule has 1 unspecified atom stereocenters. The first-order chi connectivity index (χ1) is 9.54. The number of nitro benzene ring substituents is 1. The average Bonchev–Trinajstić information content (AvgIpc) is 2.42. The Kier molecular flexibility index (Phi) is 6.45. The van der Waals surface area contributed by atoms with E-state index in [1.165, 1.54) is 6.07 Å². The number of hydrogen-bond acceptors (Lipinski definition) is 4. The third-order valence-corrected chi connectivity index (χ3v) is 2.88. The molecule has 0 aliphatic rings. The molecule has 0 aliphatic heterocycles. The van der Waals surface area contributed by atoms with Crippen molar-refractivity contribution in [3.8, 4) is 0 Å². The van der Waals surface area contributed by atoms with E-state index in [9.17, 15) is 14.9 Å². The highest BCUT2D eigenvalue weighted by Crippen LogP contribution is 2.22. The van der Waals surface area contributed by atoms with Gasteiger partial charge in [0.1, 0.15) is 0 Å². The molecule has 0 heterocycles. The van der Waals surface area contributed by atoms with Crippen molar-refractivity contribution in [3.05, 3.63) is 39.9 Å². The maximum Gasteiger partial charge on any atom is 0.312 e. The maximum absolute atomic E-state index is 10.8. The van der Waals surface area contributed by atoms with Crippen LogP contribution in [-0.4, -0.2) is 24.0 Å². The van der Waals surface area contributed by atoms with Gasteiger partial charge in [-0.25, -0.2) is 4.79 Å². The number of rotatable bonds is 8. The van der Waals surface area contributed by atoms with E-state index in [0.29, 0.717) is 13.1 Å². The third-order valence-electron chi connectivity index (χ3n) is 2.88. The van der Waals surface area contributed by atoms with Crippen LogP contribution in [0, 0.1) is 10.1 Å². The summed E-state index contributed by atoms with van der Waals surface area (Å²) in [5, 5.41) is 16.6. The number of carbonyl (C=O) groups is 1. The second-order valence-electron chi connectivity index (χ2n) is 4.44. The van der Waals surface area contributed by atoms with Crippen LogP contribution in [-0.2, 0) is 0 Å². The normalized spacial score (nSPS) is 11.8. The summed E-state index contributed by atoms with van der Waals surface area (Å²) >= 11 is 0. The summed E-state index contributed by atoms with van der Waals surface area (Å²) in [5.41, 5.74) is 5.94. The zero-order chi connectivity index (χ0) is 15.0. The number of nitro groups is 1. The SMILES string of the molecule is CCCC(NCCNC(N)=O)c1cccc([N+](=O)[O-])c1. The maximum atomic E-state index is 10.8. The predicted octanol–water partition coefficient (Wildman–Crippen LogP) is 1.69. The largest absolute Gasteiger partial charge is 0.352 e. The summed E-state index contributed by atoms with van der Waals surface area (Å²) in [5.74, 6) is 0. The molecule has 1 atom stereocenters. The fraction of sp³-hybridized carbons (Fsp3) is 0.462. The van der Waals surface area contributed by atoms with Crippen molar-refractivity contribution in [1.82, 2.24) is 10.6 Å². The second kappa shape index (κ2) is 8.11. The van der Waals surface area contributed by atoms with Gasteiger partial charge in [0.2, 0.25) is 0 Å². The van der Waals surface area contributed by atoms with Crippen molar-refractivity contribution in [3.63, 3.8) is 0 Å². The summed E-state index contributed by atoms with van der Waals surface area (Å²) in [7, 11) is 0. The Bertz CT molecular complexity index is 465. The number of amides is 2. The van der Waals surface area contributed by atoms with Crippen LogP contribution < -0.4 is 16.4 Å². The molecule has 20 heavy (non-hydrogen) atoms. The first-order valence-corrected chi connectivity index (χ1v) is 6.55. The molecule has 7 nitrogen and oxygen atoms in total. The number of non-ortho nitro benzene ring substituents is 1. The van der Waals surface area contributed by atoms with Gasteiger partial charge in [-0.2, -0.15) is 0 Å². The number of primary amides is 1. The van der Waals surface area contributed by atoms with Gasteiger partial charge in [0, 0.05) is 31.3 Å². The van der Waals surface area contributed by atoms with Crippen molar-refractivity contribution in [1.29, 1.82) is 0 Å². The number of nitrogens with zero attached hydrogens (tertiary/aromatic N) is 1. The lowest BCUT2D eigenvalue weighted by molar-refractivity contribution is -0.384. The van der Waals surface area contributed by atoms with Gasteiger partial charge in [-0.1, -0.05) is 25.5 Å². The molecule has 1 aromatic rings. The zero-order valence-electron chi connectivity index (χ0n) is 11.5. The highest BCUT2D eigenvalue weighted by atomic mass is 16.6. The monoisotopic (exact) mass is 280 g/mol. The molecule has 7 heteroatoms. The lowest BCUT2D eigenvalue weighted by Gasteiger charge is -2.18. The van der Waals surface area contributed by atoms with E-state index in [1.54, 1.807) is 12.1 Å². The Labute approximate surface area is 117 Å². The fourth-order valence-corrected chi connectivity index (χ4v) is 1.96. The van der Waals surface area contributed by atoms with Gasteiger partial charge in [-0.05, 0) is 12.0 Å². The molecule has 0 radical (unpaired) electrons. The van der Waals surface area contributed by atoms with Crippen LogP contribution in [0.2, 0.25) is 0 Å². The molecule has 0 spiro atoms. The average molecular weight is 280 g/mol. The Morgan fingerprint density at radius 2 is 2.20 bits per heavy atom. The standard InChI is InChI=1S/C13H20N4O3/c1-2-4-12(15-7-8-16-13(14)18)10-5-3-6-11(9-10)17(19)20/h3,5-6,9,12,15H,2,4,7-8H2,1H3,(H3,14,16,18).